The number of hydrogen-bond acceptors (Lipinski definition) is 4. The van der Waals surface area contributed by atoms with Crippen molar-refractivity contribution in [3.8, 4) is 0 Å². The van der Waals surface area contributed by atoms with Gasteiger partial charge in [0.2, 0.25) is 0 Å². The molecule has 0 bridgehead atoms. The van der Waals surface area contributed by atoms with Gasteiger partial charge in [-0.15, -0.1) is 11.8 Å². The molecule has 19 heavy (non-hydrogen) atoms. The molecule has 1 unspecified atom stereocenters. The fourth-order valence-electron chi connectivity index (χ4n) is 2.62. The normalized spacial score (nSPS) is 23.5. The van der Waals surface area contributed by atoms with Gasteiger partial charge in [0.15, 0.2) is 0 Å². The molecule has 0 radical (unpaired) electrons. The maximum atomic E-state index is 9.32. The minimum absolute atomic E-state index is 0.0748. The van der Waals surface area contributed by atoms with E-state index in [0.29, 0.717) is 0 Å². The molecule has 1 fully saturated rings. The first-order valence-electron chi connectivity index (χ1n) is 6.66. The second kappa shape index (κ2) is 6.27. The van der Waals surface area contributed by atoms with Gasteiger partial charge in [-0.2, -0.15) is 0 Å². The van der Waals surface area contributed by atoms with Crippen molar-refractivity contribution in [3.05, 3.63) is 29.8 Å². The second-order valence-electron chi connectivity index (χ2n) is 5.70. The van der Waals surface area contributed by atoms with Gasteiger partial charge in [-0.3, -0.25) is 4.90 Å². The highest BCUT2D eigenvalue weighted by molar-refractivity contribution is 7.98. The quantitative estimate of drug-likeness (QED) is 0.859. The van der Waals surface area contributed by atoms with E-state index < -0.39 is 0 Å². The number of morpholine rings is 1. The molecule has 0 aliphatic carbocycles. The van der Waals surface area contributed by atoms with Crippen LogP contribution in [0.1, 0.15) is 19.4 Å². The predicted molar refractivity (Wildman–Crippen MR) is 79.5 cm³/mol. The van der Waals surface area contributed by atoms with Gasteiger partial charge in [0, 0.05) is 24.5 Å². The van der Waals surface area contributed by atoms with Crippen molar-refractivity contribution in [2.75, 3.05) is 26.0 Å². The Labute approximate surface area is 120 Å². The van der Waals surface area contributed by atoms with Gasteiger partial charge in [0.25, 0.3) is 0 Å². The molecule has 0 aromatic heterocycles. The second-order valence-corrected chi connectivity index (χ2v) is 6.58. The van der Waals surface area contributed by atoms with E-state index in [1.165, 1.54) is 10.5 Å². The molecule has 1 heterocycles. The molecule has 1 aromatic carbocycles. The zero-order valence-electron chi connectivity index (χ0n) is 11.9. The van der Waals surface area contributed by atoms with Gasteiger partial charge in [-0.25, -0.2) is 0 Å². The topological polar surface area (TPSA) is 32.7 Å². The number of aliphatic hydroxyl groups is 1. The third kappa shape index (κ3) is 4.21. The maximum absolute atomic E-state index is 9.32. The zero-order chi connectivity index (χ0) is 13.9. The third-order valence-corrected chi connectivity index (χ3v) is 4.06. The summed E-state index contributed by atoms with van der Waals surface area (Å²) in [5.41, 5.74) is 1.12. The number of thioether (sulfide) groups is 1. The number of rotatable bonds is 4. The minimum Gasteiger partial charge on any atom is -0.394 e. The lowest BCUT2D eigenvalue weighted by Crippen LogP contribution is -2.53. The van der Waals surface area contributed by atoms with Crippen molar-refractivity contribution < 1.29 is 9.84 Å². The molecule has 0 saturated carbocycles. The van der Waals surface area contributed by atoms with Crippen LogP contribution < -0.4 is 0 Å². The number of hydrogen-bond donors (Lipinski definition) is 1. The summed E-state index contributed by atoms with van der Waals surface area (Å²) in [6, 6.07) is 8.69. The number of aliphatic hydroxyl groups excluding tert-OH is 1. The maximum Gasteiger partial charge on any atom is 0.0940 e. The van der Waals surface area contributed by atoms with Crippen LogP contribution >= 0.6 is 11.8 Å². The molecule has 1 saturated heterocycles. The molecule has 0 spiro atoms. The van der Waals surface area contributed by atoms with Crippen LogP contribution in [-0.2, 0) is 11.3 Å². The Balaban J connectivity index is 2.00. The van der Waals surface area contributed by atoms with Crippen LogP contribution in [0.2, 0.25) is 0 Å². The highest BCUT2D eigenvalue weighted by atomic mass is 32.2. The van der Waals surface area contributed by atoms with Crippen LogP contribution in [0, 0.1) is 0 Å². The van der Waals surface area contributed by atoms with E-state index in [0.717, 1.165) is 19.6 Å². The molecule has 4 heteroatoms. The zero-order valence-corrected chi connectivity index (χ0v) is 12.7. The lowest BCUT2D eigenvalue weighted by molar-refractivity contribution is -0.150. The molecular weight excluding hydrogens is 258 g/mol. The third-order valence-electron chi connectivity index (χ3n) is 3.32. The van der Waals surface area contributed by atoms with Gasteiger partial charge < -0.3 is 9.84 Å². The van der Waals surface area contributed by atoms with E-state index in [1.807, 2.05) is 0 Å². The first kappa shape index (κ1) is 14.9. The summed E-state index contributed by atoms with van der Waals surface area (Å²) in [6.45, 7) is 6.86. The van der Waals surface area contributed by atoms with Crippen LogP contribution in [0.15, 0.2) is 29.2 Å². The number of nitrogens with zero attached hydrogens (tertiary/aromatic N) is 1. The van der Waals surface area contributed by atoms with Crippen LogP contribution in [0.25, 0.3) is 0 Å². The average molecular weight is 281 g/mol. The van der Waals surface area contributed by atoms with E-state index in [4.69, 9.17) is 4.74 Å². The first-order valence-corrected chi connectivity index (χ1v) is 7.89. The molecule has 2 rings (SSSR count). The smallest absolute Gasteiger partial charge is 0.0940 e. The molecule has 0 amide bonds. The summed E-state index contributed by atoms with van der Waals surface area (Å²) < 4.78 is 5.83. The largest absolute Gasteiger partial charge is 0.394 e. The first-order chi connectivity index (χ1) is 9.02. The van der Waals surface area contributed by atoms with Crippen molar-refractivity contribution in [3.63, 3.8) is 0 Å². The Hall–Kier alpha value is -0.550. The minimum atomic E-state index is -0.190. The molecular formula is C15H23NO2S. The summed E-state index contributed by atoms with van der Waals surface area (Å²) in [7, 11) is 0. The summed E-state index contributed by atoms with van der Waals surface area (Å²) >= 11 is 1.76. The van der Waals surface area contributed by atoms with Gasteiger partial charge in [-0.1, -0.05) is 12.1 Å². The summed E-state index contributed by atoms with van der Waals surface area (Å²) in [6.07, 6.45) is 2.01. The van der Waals surface area contributed by atoms with Crippen LogP contribution in [0.3, 0.4) is 0 Å². The fourth-order valence-corrected chi connectivity index (χ4v) is 3.03. The van der Waals surface area contributed by atoms with Crippen molar-refractivity contribution in [2.24, 2.45) is 0 Å². The predicted octanol–water partition coefficient (Wildman–Crippen LogP) is 2.38. The van der Waals surface area contributed by atoms with Crippen molar-refractivity contribution >= 4 is 11.8 Å². The van der Waals surface area contributed by atoms with Gasteiger partial charge in [0.05, 0.1) is 18.3 Å². The monoisotopic (exact) mass is 281 g/mol. The molecule has 1 aromatic rings. The Kier molecular flexibility index (Phi) is 4.90. The SMILES string of the molecule is CSc1ccc(CN2CC(CO)OC(C)(C)C2)cc1. The Morgan fingerprint density at radius 1 is 1.37 bits per heavy atom. The van der Waals surface area contributed by atoms with Crippen molar-refractivity contribution in [2.45, 2.75) is 37.0 Å². The van der Waals surface area contributed by atoms with Gasteiger partial charge >= 0.3 is 0 Å². The fraction of sp³-hybridized carbons (Fsp3) is 0.600. The van der Waals surface area contributed by atoms with Gasteiger partial charge in [0.1, 0.15) is 0 Å². The Morgan fingerprint density at radius 2 is 2.05 bits per heavy atom. The number of benzene rings is 1. The van der Waals surface area contributed by atoms with Crippen molar-refractivity contribution in [1.29, 1.82) is 0 Å². The van der Waals surface area contributed by atoms with E-state index in [2.05, 4.69) is 49.3 Å². The molecule has 1 N–H and O–H groups in total. The molecule has 106 valence electrons. The molecule has 3 nitrogen and oxygen atoms in total. The highest BCUT2D eigenvalue weighted by Gasteiger charge is 2.32. The van der Waals surface area contributed by atoms with E-state index in [9.17, 15) is 5.11 Å². The summed E-state index contributed by atoms with van der Waals surface area (Å²) in [5, 5.41) is 9.32. The Morgan fingerprint density at radius 3 is 2.63 bits per heavy atom. The molecule has 1 aliphatic rings. The van der Waals surface area contributed by atoms with E-state index in [1.54, 1.807) is 11.8 Å². The Bertz CT molecular complexity index is 405. The van der Waals surface area contributed by atoms with Crippen molar-refractivity contribution in [1.82, 2.24) is 4.90 Å². The molecule has 1 atom stereocenters. The lowest BCUT2D eigenvalue weighted by atomic mass is 10.0. The van der Waals surface area contributed by atoms with E-state index >= 15 is 0 Å². The number of ether oxygens (including phenoxy) is 1. The summed E-state index contributed by atoms with van der Waals surface area (Å²) in [4.78, 5) is 3.65. The van der Waals surface area contributed by atoms with Crippen LogP contribution in [-0.4, -0.2) is 47.7 Å². The summed E-state index contributed by atoms with van der Waals surface area (Å²) in [5.74, 6) is 0. The average Bonchev–Trinajstić information content (AvgIpc) is 2.37. The van der Waals surface area contributed by atoms with Gasteiger partial charge in [-0.05, 0) is 37.8 Å². The lowest BCUT2D eigenvalue weighted by Gasteiger charge is -2.42. The van der Waals surface area contributed by atoms with Crippen LogP contribution in [0.4, 0.5) is 0 Å². The van der Waals surface area contributed by atoms with Crippen LogP contribution in [0.5, 0.6) is 0 Å². The highest BCUT2D eigenvalue weighted by Crippen LogP contribution is 2.23. The standard InChI is InChI=1S/C15H23NO2S/c1-15(2)11-16(9-13(10-17)18-15)8-12-4-6-14(19-3)7-5-12/h4-7,13,17H,8-11H2,1-3H3. The van der Waals surface area contributed by atoms with E-state index in [-0.39, 0.29) is 18.3 Å². The molecule has 1 aliphatic heterocycles.